The Kier molecular flexibility index (Phi) is 5.33. The van der Waals surface area contributed by atoms with E-state index in [9.17, 15) is 8.78 Å². The predicted molar refractivity (Wildman–Crippen MR) is 53.8 cm³/mol. The molecule has 0 aromatic rings. The number of nitrogens with zero attached hydrogens (tertiary/aromatic N) is 1. The number of alkyl halides is 2. The predicted octanol–water partition coefficient (Wildman–Crippen LogP) is 1.72. The molecule has 1 fully saturated rings. The van der Waals surface area contributed by atoms with Crippen LogP contribution in [0.25, 0.3) is 0 Å². The third-order valence-corrected chi connectivity index (χ3v) is 2.60. The van der Waals surface area contributed by atoms with Crippen LogP contribution in [0, 0.1) is 0 Å². The zero-order valence-corrected chi connectivity index (χ0v) is 8.81. The molecule has 1 N–H and O–H groups in total. The molecule has 4 heteroatoms. The second-order valence-electron chi connectivity index (χ2n) is 4.06. The van der Waals surface area contributed by atoms with Gasteiger partial charge in [-0.1, -0.05) is 6.42 Å². The second kappa shape index (κ2) is 6.30. The Labute approximate surface area is 84.7 Å². The van der Waals surface area contributed by atoms with Crippen LogP contribution in [0.15, 0.2) is 0 Å². The summed E-state index contributed by atoms with van der Waals surface area (Å²) in [5.41, 5.74) is 0. The Bertz CT molecular complexity index is 147. The lowest BCUT2D eigenvalue weighted by Gasteiger charge is -2.29. The molecule has 0 aromatic heterocycles. The summed E-state index contributed by atoms with van der Waals surface area (Å²) in [6, 6.07) is 0.169. The van der Waals surface area contributed by atoms with Gasteiger partial charge in [0.2, 0.25) is 0 Å². The van der Waals surface area contributed by atoms with E-state index in [0.29, 0.717) is 0 Å². The van der Waals surface area contributed by atoms with Crippen molar-refractivity contribution in [1.82, 2.24) is 10.2 Å². The van der Waals surface area contributed by atoms with Crippen LogP contribution in [-0.2, 0) is 0 Å². The van der Waals surface area contributed by atoms with Crippen LogP contribution in [0.5, 0.6) is 0 Å². The van der Waals surface area contributed by atoms with E-state index >= 15 is 0 Å². The third-order valence-electron chi connectivity index (χ3n) is 2.60. The average molecular weight is 206 g/mol. The lowest BCUT2D eigenvalue weighted by Crippen LogP contribution is -2.42. The van der Waals surface area contributed by atoms with Crippen molar-refractivity contribution in [2.75, 3.05) is 26.2 Å². The van der Waals surface area contributed by atoms with Crippen molar-refractivity contribution in [3.05, 3.63) is 0 Å². The number of hydrogen-bond donors (Lipinski definition) is 1. The zero-order chi connectivity index (χ0) is 10.4. The summed E-state index contributed by atoms with van der Waals surface area (Å²) in [5, 5.41) is 2.84. The minimum Gasteiger partial charge on any atom is -0.308 e. The van der Waals surface area contributed by atoms with Gasteiger partial charge < -0.3 is 10.2 Å². The molecule has 0 bridgehead atoms. The molecule has 1 aliphatic rings. The van der Waals surface area contributed by atoms with Crippen molar-refractivity contribution in [1.29, 1.82) is 0 Å². The largest absolute Gasteiger partial charge is 0.308 e. The molecule has 0 amide bonds. The van der Waals surface area contributed by atoms with Gasteiger partial charge in [-0.05, 0) is 32.9 Å². The van der Waals surface area contributed by atoms with Gasteiger partial charge in [-0.25, -0.2) is 8.78 Å². The van der Waals surface area contributed by atoms with E-state index in [4.69, 9.17) is 0 Å². The van der Waals surface area contributed by atoms with E-state index < -0.39 is 6.43 Å². The minimum absolute atomic E-state index is 0.169. The van der Waals surface area contributed by atoms with Gasteiger partial charge in [0.25, 0.3) is 6.43 Å². The molecular weight excluding hydrogens is 186 g/mol. The minimum atomic E-state index is -2.24. The monoisotopic (exact) mass is 206 g/mol. The molecule has 0 aromatic carbocycles. The van der Waals surface area contributed by atoms with Crippen LogP contribution in [0.4, 0.5) is 8.78 Å². The van der Waals surface area contributed by atoms with E-state index in [1.807, 2.05) is 6.92 Å². The zero-order valence-electron chi connectivity index (χ0n) is 8.81. The fourth-order valence-corrected chi connectivity index (χ4v) is 1.88. The maximum Gasteiger partial charge on any atom is 0.250 e. The van der Waals surface area contributed by atoms with Gasteiger partial charge in [0.05, 0.1) is 6.54 Å². The smallest absolute Gasteiger partial charge is 0.250 e. The summed E-state index contributed by atoms with van der Waals surface area (Å²) in [5.74, 6) is 0. The van der Waals surface area contributed by atoms with Gasteiger partial charge >= 0.3 is 0 Å². The third kappa shape index (κ3) is 4.86. The lowest BCUT2D eigenvalue weighted by atomic mass is 10.1. The standard InChI is InChI=1S/C10H20F2N2/c1-9(13-7-10(11)12)8-14-5-3-2-4-6-14/h9-10,13H,2-8H2,1H3. The van der Waals surface area contributed by atoms with E-state index in [2.05, 4.69) is 10.2 Å². The first-order chi connectivity index (χ1) is 6.68. The Hall–Kier alpha value is -0.220. The summed E-state index contributed by atoms with van der Waals surface area (Å²) in [4.78, 5) is 2.35. The van der Waals surface area contributed by atoms with Crippen LogP contribution in [0.2, 0.25) is 0 Å². The molecule has 1 rings (SSSR count). The molecule has 84 valence electrons. The number of halogens is 2. The number of rotatable bonds is 5. The highest BCUT2D eigenvalue weighted by Gasteiger charge is 2.13. The molecule has 0 spiro atoms. The van der Waals surface area contributed by atoms with Crippen molar-refractivity contribution >= 4 is 0 Å². The van der Waals surface area contributed by atoms with Crippen molar-refractivity contribution in [2.24, 2.45) is 0 Å². The van der Waals surface area contributed by atoms with Crippen LogP contribution < -0.4 is 5.32 Å². The van der Waals surface area contributed by atoms with E-state index in [0.717, 1.165) is 19.6 Å². The molecule has 2 nitrogen and oxygen atoms in total. The fraction of sp³-hybridized carbons (Fsp3) is 1.00. The maximum absolute atomic E-state index is 11.9. The SMILES string of the molecule is CC(CN1CCCCC1)NCC(F)F. The Morgan fingerprint density at radius 1 is 1.21 bits per heavy atom. The maximum atomic E-state index is 11.9. The summed E-state index contributed by atoms with van der Waals surface area (Å²) >= 11 is 0. The highest BCUT2D eigenvalue weighted by molar-refractivity contribution is 4.71. The summed E-state index contributed by atoms with van der Waals surface area (Å²) in [6.45, 7) is 4.93. The average Bonchev–Trinajstić information content (AvgIpc) is 2.16. The molecule has 0 aliphatic carbocycles. The number of nitrogens with one attached hydrogen (secondary N) is 1. The first kappa shape index (κ1) is 11.9. The van der Waals surface area contributed by atoms with E-state index in [1.165, 1.54) is 19.3 Å². The Balaban J connectivity index is 2.09. The first-order valence-corrected chi connectivity index (χ1v) is 5.42. The molecule has 1 heterocycles. The molecule has 1 aliphatic heterocycles. The van der Waals surface area contributed by atoms with Crippen molar-refractivity contribution in [3.8, 4) is 0 Å². The van der Waals surface area contributed by atoms with Crippen LogP contribution >= 0.6 is 0 Å². The molecule has 1 unspecified atom stereocenters. The molecule has 0 saturated carbocycles. The topological polar surface area (TPSA) is 15.3 Å². The number of piperidine rings is 1. The summed E-state index contributed by atoms with van der Waals surface area (Å²) in [6.07, 6.45) is 1.58. The fourth-order valence-electron chi connectivity index (χ4n) is 1.88. The van der Waals surface area contributed by atoms with Crippen LogP contribution in [0.1, 0.15) is 26.2 Å². The van der Waals surface area contributed by atoms with Gasteiger partial charge in [0, 0.05) is 12.6 Å². The van der Waals surface area contributed by atoms with Gasteiger partial charge in [-0.2, -0.15) is 0 Å². The molecule has 1 saturated heterocycles. The highest BCUT2D eigenvalue weighted by atomic mass is 19.3. The first-order valence-electron chi connectivity index (χ1n) is 5.42. The molecule has 14 heavy (non-hydrogen) atoms. The second-order valence-corrected chi connectivity index (χ2v) is 4.06. The van der Waals surface area contributed by atoms with E-state index in [1.54, 1.807) is 0 Å². The Morgan fingerprint density at radius 3 is 2.43 bits per heavy atom. The van der Waals surface area contributed by atoms with Crippen molar-refractivity contribution in [2.45, 2.75) is 38.7 Å². The van der Waals surface area contributed by atoms with Gasteiger partial charge in [-0.3, -0.25) is 0 Å². The van der Waals surface area contributed by atoms with Gasteiger partial charge in [0.15, 0.2) is 0 Å². The Morgan fingerprint density at radius 2 is 1.86 bits per heavy atom. The normalized spacial score (nSPS) is 21.4. The molecule has 1 atom stereocenters. The quantitative estimate of drug-likeness (QED) is 0.736. The van der Waals surface area contributed by atoms with Gasteiger partial charge in [-0.15, -0.1) is 0 Å². The highest BCUT2D eigenvalue weighted by Crippen LogP contribution is 2.08. The lowest BCUT2D eigenvalue weighted by molar-refractivity contribution is 0.135. The van der Waals surface area contributed by atoms with Gasteiger partial charge in [0.1, 0.15) is 0 Å². The summed E-state index contributed by atoms with van der Waals surface area (Å²) in [7, 11) is 0. The molecular formula is C10H20F2N2. The summed E-state index contributed by atoms with van der Waals surface area (Å²) < 4.78 is 23.8. The number of hydrogen-bond acceptors (Lipinski definition) is 2. The van der Waals surface area contributed by atoms with Crippen LogP contribution in [0.3, 0.4) is 0 Å². The van der Waals surface area contributed by atoms with Crippen molar-refractivity contribution < 1.29 is 8.78 Å². The van der Waals surface area contributed by atoms with E-state index in [-0.39, 0.29) is 12.6 Å². The van der Waals surface area contributed by atoms with Crippen LogP contribution in [-0.4, -0.2) is 43.5 Å². The number of likely N-dealkylation sites (tertiary alicyclic amines) is 1. The molecule has 0 radical (unpaired) electrons. The van der Waals surface area contributed by atoms with Crippen molar-refractivity contribution in [3.63, 3.8) is 0 Å².